The first-order chi connectivity index (χ1) is 14.5. The average molecular weight is 422 g/mol. The van der Waals surface area contributed by atoms with Crippen LogP contribution in [0.5, 0.6) is 0 Å². The van der Waals surface area contributed by atoms with Gasteiger partial charge in [-0.15, -0.1) is 0 Å². The molecule has 0 aliphatic carbocycles. The predicted octanol–water partition coefficient (Wildman–Crippen LogP) is 4.80. The van der Waals surface area contributed by atoms with Gasteiger partial charge in [0.15, 0.2) is 5.11 Å². The van der Waals surface area contributed by atoms with Crippen molar-refractivity contribution in [1.29, 1.82) is 0 Å². The van der Waals surface area contributed by atoms with E-state index in [1.54, 1.807) is 0 Å². The number of aromatic nitrogens is 2. The molecule has 0 saturated carbocycles. The van der Waals surface area contributed by atoms with Crippen LogP contribution in [0.1, 0.15) is 24.5 Å². The van der Waals surface area contributed by atoms with Crippen molar-refractivity contribution in [1.82, 2.24) is 14.5 Å². The van der Waals surface area contributed by atoms with Crippen LogP contribution >= 0.6 is 12.2 Å². The summed E-state index contributed by atoms with van der Waals surface area (Å²) in [5.41, 5.74) is 4.79. The van der Waals surface area contributed by atoms with E-state index in [1.807, 2.05) is 18.7 Å². The summed E-state index contributed by atoms with van der Waals surface area (Å²) in [6, 6.07) is 17.1. The molecule has 0 fully saturated rings. The molecule has 1 N–H and O–H groups in total. The highest BCUT2D eigenvalue weighted by Crippen LogP contribution is 2.16. The summed E-state index contributed by atoms with van der Waals surface area (Å²) in [4.78, 5) is 8.47. The van der Waals surface area contributed by atoms with Crippen LogP contribution in [0.25, 0.3) is 0 Å². The molecule has 1 heterocycles. The topological polar surface area (TPSA) is 36.3 Å². The van der Waals surface area contributed by atoms with E-state index >= 15 is 0 Å². The Balaban J connectivity index is 1.67. The summed E-state index contributed by atoms with van der Waals surface area (Å²) < 4.78 is 2.10. The largest absolute Gasteiger partial charge is 0.378 e. The number of benzene rings is 2. The molecule has 2 aromatic carbocycles. The van der Waals surface area contributed by atoms with Gasteiger partial charge in [0.1, 0.15) is 0 Å². The maximum absolute atomic E-state index is 5.79. The van der Waals surface area contributed by atoms with Crippen molar-refractivity contribution in [2.24, 2.45) is 0 Å². The third kappa shape index (κ3) is 6.32. The Hall–Kier alpha value is -2.86. The Morgan fingerprint density at radius 3 is 2.33 bits per heavy atom. The number of hydrogen-bond acceptors (Lipinski definition) is 3. The van der Waals surface area contributed by atoms with Crippen molar-refractivity contribution in [3.05, 3.63) is 78.4 Å². The van der Waals surface area contributed by atoms with Gasteiger partial charge in [-0.3, -0.25) is 0 Å². The zero-order valence-corrected chi connectivity index (χ0v) is 18.9. The van der Waals surface area contributed by atoms with Crippen LogP contribution in [0.3, 0.4) is 0 Å². The summed E-state index contributed by atoms with van der Waals surface area (Å²) in [6.07, 6.45) is 7.69. The second-order valence-corrected chi connectivity index (χ2v) is 8.00. The monoisotopic (exact) mass is 421 g/mol. The van der Waals surface area contributed by atoms with E-state index in [0.29, 0.717) is 0 Å². The smallest absolute Gasteiger partial charge is 0.173 e. The number of aryl methyl sites for hydroxylation is 2. The van der Waals surface area contributed by atoms with Gasteiger partial charge in [0, 0.05) is 57.5 Å². The van der Waals surface area contributed by atoms with Gasteiger partial charge in [-0.05, 0) is 60.5 Å². The number of nitrogens with one attached hydrogen (secondary N) is 1. The second-order valence-electron chi connectivity index (χ2n) is 7.62. The lowest BCUT2D eigenvalue weighted by Crippen LogP contribution is -2.35. The highest BCUT2D eigenvalue weighted by Gasteiger charge is 2.11. The van der Waals surface area contributed by atoms with Gasteiger partial charge in [-0.25, -0.2) is 4.98 Å². The molecule has 0 radical (unpaired) electrons. The van der Waals surface area contributed by atoms with Crippen LogP contribution in [-0.2, 0) is 19.5 Å². The predicted molar refractivity (Wildman–Crippen MR) is 130 cm³/mol. The van der Waals surface area contributed by atoms with Crippen LogP contribution < -0.4 is 10.2 Å². The van der Waals surface area contributed by atoms with Crippen LogP contribution in [0.2, 0.25) is 0 Å². The number of hydrogen-bond donors (Lipinski definition) is 1. The first kappa shape index (κ1) is 21.8. The number of anilines is 2. The Bertz CT molecular complexity index is 902. The van der Waals surface area contributed by atoms with Crippen LogP contribution in [0, 0.1) is 0 Å². The summed E-state index contributed by atoms with van der Waals surface area (Å²) >= 11 is 5.79. The zero-order chi connectivity index (χ0) is 21.3. The summed E-state index contributed by atoms with van der Waals surface area (Å²) in [5, 5.41) is 4.17. The van der Waals surface area contributed by atoms with Gasteiger partial charge < -0.3 is 19.7 Å². The van der Waals surface area contributed by atoms with Crippen molar-refractivity contribution in [3.63, 3.8) is 0 Å². The zero-order valence-electron chi connectivity index (χ0n) is 18.1. The molecule has 6 heteroatoms. The van der Waals surface area contributed by atoms with E-state index in [9.17, 15) is 0 Å². The lowest BCUT2D eigenvalue weighted by Gasteiger charge is -2.26. The van der Waals surface area contributed by atoms with Crippen LogP contribution in [0.15, 0.2) is 67.3 Å². The number of thiocarbonyl (C=S) groups is 1. The minimum absolute atomic E-state index is 0.751. The molecule has 0 amide bonds. The highest BCUT2D eigenvalue weighted by molar-refractivity contribution is 7.80. The molecule has 0 unspecified atom stereocenters. The molecular weight excluding hydrogens is 390 g/mol. The molecule has 5 nitrogen and oxygen atoms in total. The van der Waals surface area contributed by atoms with Crippen LogP contribution in [0.4, 0.5) is 11.4 Å². The standard InChI is InChI=1S/C24H31N5S/c1-4-20-6-10-22(11-7-20)26-24(30)29(16-5-15-28-17-14-25-19-28)18-21-8-12-23(13-9-21)27(2)3/h6-14,17,19H,4-5,15-16,18H2,1-3H3,(H,26,30). The Morgan fingerprint density at radius 2 is 1.73 bits per heavy atom. The molecule has 158 valence electrons. The van der Waals surface area contributed by atoms with E-state index in [1.165, 1.54) is 16.8 Å². The summed E-state index contributed by atoms with van der Waals surface area (Å²) in [6.45, 7) is 4.73. The fourth-order valence-corrected chi connectivity index (χ4v) is 3.54. The van der Waals surface area contributed by atoms with E-state index in [-0.39, 0.29) is 0 Å². The van der Waals surface area contributed by atoms with Crippen molar-refractivity contribution in [2.45, 2.75) is 32.9 Å². The first-order valence-corrected chi connectivity index (χ1v) is 10.8. The summed E-state index contributed by atoms with van der Waals surface area (Å²) in [7, 11) is 4.11. The molecule has 1 aromatic heterocycles. The third-order valence-corrected chi connectivity index (χ3v) is 5.49. The molecule has 0 saturated heterocycles. The van der Waals surface area contributed by atoms with E-state index < -0.39 is 0 Å². The Labute approximate surface area is 185 Å². The van der Waals surface area contributed by atoms with E-state index in [4.69, 9.17) is 12.2 Å². The quantitative estimate of drug-likeness (QED) is 0.502. The van der Waals surface area contributed by atoms with Crippen molar-refractivity contribution >= 4 is 28.7 Å². The molecule has 30 heavy (non-hydrogen) atoms. The normalized spacial score (nSPS) is 10.6. The molecule has 3 rings (SSSR count). The fraction of sp³-hybridized carbons (Fsp3) is 0.333. The van der Waals surface area contributed by atoms with Gasteiger partial charge in [-0.1, -0.05) is 31.2 Å². The highest BCUT2D eigenvalue weighted by atomic mass is 32.1. The molecule has 0 bridgehead atoms. The van der Waals surface area contributed by atoms with Crippen molar-refractivity contribution in [2.75, 3.05) is 30.9 Å². The lowest BCUT2D eigenvalue weighted by molar-refractivity contribution is 0.396. The maximum atomic E-state index is 5.79. The number of imidazole rings is 1. The minimum Gasteiger partial charge on any atom is -0.378 e. The van der Waals surface area contributed by atoms with E-state index in [2.05, 4.69) is 94.2 Å². The molecule has 0 aliphatic rings. The maximum Gasteiger partial charge on any atom is 0.173 e. The average Bonchev–Trinajstić information content (AvgIpc) is 3.27. The van der Waals surface area contributed by atoms with Gasteiger partial charge >= 0.3 is 0 Å². The van der Waals surface area contributed by atoms with Crippen LogP contribution in [-0.4, -0.2) is 40.2 Å². The fourth-order valence-electron chi connectivity index (χ4n) is 3.26. The lowest BCUT2D eigenvalue weighted by atomic mass is 10.1. The van der Waals surface area contributed by atoms with Crippen molar-refractivity contribution in [3.8, 4) is 0 Å². The second kappa shape index (κ2) is 10.8. The van der Waals surface area contributed by atoms with Gasteiger partial charge in [0.2, 0.25) is 0 Å². The Kier molecular flexibility index (Phi) is 7.85. The molecule has 0 spiro atoms. The van der Waals surface area contributed by atoms with Gasteiger partial charge in [-0.2, -0.15) is 0 Å². The number of nitrogens with zero attached hydrogens (tertiary/aromatic N) is 4. The SMILES string of the molecule is CCc1ccc(NC(=S)N(CCCn2ccnc2)Cc2ccc(N(C)C)cc2)cc1. The molecule has 0 aliphatic heterocycles. The van der Waals surface area contributed by atoms with Crippen molar-refractivity contribution < 1.29 is 0 Å². The minimum atomic E-state index is 0.751. The number of rotatable bonds is 9. The first-order valence-electron chi connectivity index (χ1n) is 10.4. The molecule has 3 aromatic rings. The third-order valence-electron chi connectivity index (χ3n) is 5.13. The van der Waals surface area contributed by atoms with Gasteiger partial charge in [0.25, 0.3) is 0 Å². The summed E-state index contributed by atoms with van der Waals surface area (Å²) in [5.74, 6) is 0. The van der Waals surface area contributed by atoms with E-state index in [0.717, 1.165) is 43.3 Å². The molecular formula is C24H31N5S. The molecule has 0 atom stereocenters. The van der Waals surface area contributed by atoms with Gasteiger partial charge in [0.05, 0.1) is 6.33 Å². The Morgan fingerprint density at radius 1 is 1.03 bits per heavy atom.